The number of hydrogen-bond donors (Lipinski definition) is 0. The molecule has 0 unspecified atom stereocenters. The van der Waals surface area contributed by atoms with E-state index < -0.39 is 0 Å². The van der Waals surface area contributed by atoms with E-state index in [1.165, 1.54) is 0 Å². The summed E-state index contributed by atoms with van der Waals surface area (Å²) in [6.45, 7) is 0.322. The van der Waals surface area contributed by atoms with E-state index in [1.807, 2.05) is 59.2 Å². The van der Waals surface area contributed by atoms with Crippen molar-refractivity contribution in [1.29, 1.82) is 0 Å². The lowest BCUT2D eigenvalue weighted by Gasteiger charge is -2.13. The largest absolute Gasteiger partial charge is 0.497 e. The van der Waals surface area contributed by atoms with Crippen LogP contribution in [0.15, 0.2) is 76.0 Å². The van der Waals surface area contributed by atoms with E-state index >= 15 is 0 Å². The zero-order valence-electron chi connectivity index (χ0n) is 16.0. The standard InChI is InChI=1S/C23H16ClN3O3/c1-29-16-9-6-14(7-10-16)23-25-21(30-26-23)13-27-19-5-3-2-4-17(19)22(28)18-12-15(24)8-11-20(18)27/h2-12H,13H2,1H3. The van der Waals surface area contributed by atoms with Crippen LogP contribution in [0.1, 0.15) is 5.89 Å². The van der Waals surface area contributed by atoms with Gasteiger partial charge >= 0.3 is 0 Å². The molecule has 5 aromatic rings. The van der Waals surface area contributed by atoms with Crippen molar-refractivity contribution in [1.82, 2.24) is 14.7 Å². The van der Waals surface area contributed by atoms with Gasteiger partial charge in [-0.2, -0.15) is 4.98 Å². The summed E-state index contributed by atoms with van der Waals surface area (Å²) in [6, 6.07) is 20.2. The first-order valence-corrected chi connectivity index (χ1v) is 9.69. The second kappa shape index (κ2) is 7.31. The molecule has 0 aliphatic heterocycles. The Labute approximate surface area is 176 Å². The first-order valence-electron chi connectivity index (χ1n) is 9.32. The number of fused-ring (bicyclic) bond motifs is 2. The number of aromatic nitrogens is 3. The van der Waals surface area contributed by atoms with Crippen molar-refractivity contribution in [2.75, 3.05) is 7.11 Å². The molecule has 0 amide bonds. The molecular weight excluding hydrogens is 402 g/mol. The Morgan fingerprint density at radius 3 is 2.57 bits per heavy atom. The first kappa shape index (κ1) is 18.4. The molecule has 0 aliphatic rings. The lowest BCUT2D eigenvalue weighted by molar-refractivity contribution is 0.374. The highest BCUT2D eigenvalue weighted by Gasteiger charge is 2.15. The van der Waals surface area contributed by atoms with E-state index in [0.29, 0.717) is 34.1 Å². The summed E-state index contributed by atoms with van der Waals surface area (Å²) in [7, 11) is 1.62. The number of para-hydroxylation sites is 1. The number of methoxy groups -OCH3 is 1. The van der Waals surface area contributed by atoms with Crippen LogP contribution in [0.5, 0.6) is 5.75 Å². The van der Waals surface area contributed by atoms with Crippen LogP contribution in [0.3, 0.4) is 0 Å². The van der Waals surface area contributed by atoms with Gasteiger partial charge in [-0.05, 0) is 54.6 Å². The summed E-state index contributed by atoms with van der Waals surface area (Å²) >= 11 is 6.15. The highest BCUT2D eigenvalue weighted by atomic mass is 35.5. The van der Waals surface area contributed by atoms with Gasteiger partial charge in [-0.15, -0.1) is 0 Å². The zero-order valence-corrected chi connectivity index (χ0v) is 16.8. The van der Waals surface area contributed by atoms with Crippen molar-refractivity contribution in [3.05, 3.63) is 87.9 Å². The summed E-state index contributed by atoms with van der Waals surface area (Å²) in [4.78, 5) is 17.5. The van der Waals surface area contributed by atoms with Gasteiger partial charge in [0.25, 0.3) is 0 Å². The van der Waals surface area contributed by atoms with Crippen LogP contribution in [0.4, 0.5) is 0 Å². The van der Waals surface area contributed by atoms with Crippen LogP contribution in [0, 0.1) is 0 Å². The number of ether oxygens (including phenoxy) is 1. The third-order valence-electron chi connectivity index (χ3n) is 5.04. The normalized spacial score (nSPS) is 11.3. The molecule has 0 saturated carbocycles. The van der Waals surface area contributed by atoms with Gasteiger partial charge < -0.3 is 13.8 Å². The SMILES string of the molecule is COc1ccc(-c2noc(Cn3c4ccccc4c(=O)c4cc(Cl)ccc43)n2)cc1. The Morgan fingerprint density at radius 1 is 1.00 bits per heavy atom. The third kappa shape index (κ3) is 3.11. The fourth-order valence-electron chi connectivity index (χ4n) is 3.58. The molecule has 0 spiro atoms. The molecule has 0 radical (unpaired) electrons. The summed E-state index contributed by atoms with van der Waals surface area (Å²) in [5, 5.41) is 5.79. The number of pyridine rings is 1. The topological polar surface area (TPSA) is 70.2 Å². The van der Waals surface area contributed by atoms with Gasteiger partial charge in [-0.1, -0.05) is 28.9 Å². The average molecular weight is 418 g/mol. The molecule has 0 aliphatic carbocycles. The molecule has 5 rings (SSSR count). The fraction of sp³-hybridized carbons (Fsp3) is 0.0870. The molecule has 0 fully saturated rings. The van der Waals surface area contributed by atoms with Gasteiger partial charge in [0.2, 0.25) is 11.7 Å². The maximum atomic E-state index is 13.0. The number of nitrogens with zero attached hydrogens (tertiary/aromatic N) is 3. The molecule has 7 heteroatoms. The van der Waals surface area contributed by atoms with Crippen LogP contribution in [0.2, 0.25) is 5.02 Å². The van der Waals surface area contributed by atoms with E-state index in [9.17, 15) is 4.79 Å². The maximum absolute atomic E-state index is 13.0. The Balaban J connectivity index is 1.62. The van der Waals surface area contributed by atoms with E-state index in [-0.39, 0.29) is 5.43 Å². The van der Waals surface area contributed by atoms with Crippen molar-refractivity contribution >= 4 is 33.4 Å². The smallest absolute Gasteiger partial charge is 0.246 e. The highest BCUT2D eigenvalue weighted by molar-refractivity contribution is 6.31. The fourth-order valence-corrected chi connectivity index (χ4v) is 3.76. The molecule has 0 bridgehead atoms. The molecule has 0 saturated heterocycles. The lowest BCUT2D eigenvalue weighted by Crippen LogP contribution is -2.12. The molecule has 0 atom stereocenters. The molecule has 6 nitrogen and oxygen atoms in total. The van der Waals surface area contributed by atoms with Crippen molar-refractivity contribution in [3.63, 3.8) is 0 Å². The van der Waals surface area contributed by atoms with Crippen LogP contribution >= 0.6 is 11.6 Å². The summed E-state index contributed by atoms with van der Waals surface area (Å²) in [6.07, 6.45) is 0. The lowest BCUT2D eigenvalue weighted by atomic mass is 10.1. The highest BCUT2D eigenvalue weighted by Crippen LogP contribution is 2.24. The quantitative estimate of drug-likeness (QED) is 0.388. The van der Waals surface area contributed by atoms with Crippen molar-refractivity contribution in [3.8, 4) is 17.1 Å². The van der Waals surface area contributed by atoms with Gasteiger partial charge in [0.1, 0.15) is 12.3 Å². The van der Waals surface area contributed by atoms with Gasteiger partial charge in [-0.3, -0.25) is 4.79 Å². The Kier molecular flexibility index (Phi) is 4.48. The Morgan fingerprint density at radius 2 is 1.77 bits per heavy atom. The summed E-state index contributed by atoms with van der Waals surface area (Å²) in [5.41, 5.74) is 2.32. The van der Waals surface area contributed by atoms with Crippen molar-refractivity contribution in [2.24, 2.45) is 0 Å². The molecule has 2 aromatic heterocycles. The minimum atomic E-state index is -0.0520. The van der Waals surface area contributed by atoms with Crippen LogP contribution in [0.25, 0.3) is 33.2 Å². The van der Waals surface area contributed by atoms with Gasteiger partial charge in [-0.25, -0.2) is 0 Å². The van der Waals surface area contributed by atoms with Crippen LogP contribution < -0.4 is 10.2 Å². The Bertz CT molecular complexity index is 1440. The van der Waals surface area contributed by atoms with Crippen LogP contribution in [-0.2, 0) is 6.54 Å². The Hall–Kier alpha value is -3.64. The predicted octanol–water partition coefficient (Wildman–Crippen LogP) is 4.92. The second-order valence-corrected chi connectivity index (χ2v) is 7.27. The molecule has 3 aromatic carbocycles. The predicted molar refractivity (Wildman–Crippen MR) is 116 cm³/mol. The zero-order chi connectivity index (χ0) is 20.7. The monoisotopic (exact) mass is 417 g/mol. The minimum Gasteiger partial charge on any atom is -0.497 e. The van der Waals surface area contributed by atoms with Gasteiger partial charge in [0.15, 0.2) is 5.43 Å². The second-order valence-electron chi connectivity index (χ2n) is 6.83. The van der Waals surface area contributed by atoms with Crippen molar-refractivity contribution in [2.45, 2.75) is 6.54 Å². The number of benzene rings is 3. The van der Waals surface area contributed by atoms with E-state index in [1.54, 1.807) is 19.2 Å². The van der Waals surface area contributed by atoms with E-state index in [2.05, 4.69) is 10.1 Å². The minimum absolute atomic E-state index is 0.0520. The number of rotatable bonds is 4. The summed E-state index contributed by atoms with van der Waals surface area (Å²) < 4.78 is 12.7. The molecule has 0 N–H and O–H groups in total. The molecule has 148 valence electrons. The molecule has 30 heavy (non-hydrogen) atoms. The van der Waals surface area contributed by atoms with Gasteiger partial charge in [0.05, 0.1) is 18.1 Å². The van der Waals surface area contributed by atoms with Crippen molar-refractivity contribution < 1.29 is 9.26 Å². The number of hydrogen-bond acceptors (Lipinski definition) is 5. The van der Waals surface area contributed by atoms with Gasteiger partial charge in [0, 0.05) is 21.4 Å². The molecular formula is C23H16ClN3O3. The molecule has 2 heterocycles. The average Bonchev–Trinajstić information content (AvgIpc) is 3.25. The first-order chi connectivity index (χ1) is 14.6. The van der Waals surface area contributed by atoms with E-state index in [4.69, 9.17) is 20.9 Å². The number of halogens is 1. The van der Waals surface area contributed by atoms with E-state index in [0.717, 1.165) is 22.3 Å². The summed E-state index contributed by atoms with van der Waals surface area (Å²) in [5.74, 6) is 1.68. The maximum Gasteiger partial charge on any atom is 0.246 e. The van der Waals surface area contributed by atoms with Crippen LogP contribution in [-0.4, -0.2) is 21.8 Å². The third-order valence-corrected chi connectivity index (χ3v) is 5.28.